The molecule has 0 saturated heterocycles. The molecule has 28 heavy (non-hydrogen) atoms. The zero-order valence-electron chi connectivity index (χ0n) is 16.0. The van der Waals surface area contributed by atoms with Crippen LogP contribution in [0, 0.1) is 6.92 Å². The van der Waals surface area contributed by atoms with E-state index in [9.17, 15) is 9.59 Å². The van der Waals surface area contributed by atoms with Crippen molar-refractivity contribution >= 4 is 40.4 Å². The van der Waals surface area contributed by atoms with E-state index < -0.39 is 5.97 Å². The summed E-state index contributed by atoms with van der Waals surface area (Å²) in [4.78, 5) is 28.6. The van der Waals surface area contributed by atoms with E-state index in [4.69, 9.17) is 4.74 Å². The second kappa shape index (κ2) is 9.41. The molecule has 0 fully saturated rings. The van der Waals surface area contributed by atoms with Gasteiger partial charge in [0.1, 0.15) is 0 Å². The summed E-state index contributed by atoms with van der Waals surface area (Å²) < 4.78 is 7.20. The number of carbonyl (C=O) groups is 2. The number of rotatable bonds is 8. The van der Waals surface area contributed by atoms with Crippen molar-refractivity contribution in [2.75, 3.05) is 17.7 Å². The van der Waals surface area contributed by atoms with E-state index >= 15 is 0 Å². The number of thioether (sulfide) groups is 1. The lowest BCUT2D eigenvalue weighted by molar-refractivity contribution is -0.144. The molecule has 0 aliphatic rings. The molecule has 6 nitrogen and oxygen atoms in total. The molecule has 1 aromatic heterocycles. The van der Waals surface area contributed by atoms with E-state index in [0.717, 1.165) is 34.7 Å². The topological polar surface area (TPSA) is 73.2 Å². The van der Waals surface area contributed by atoms with Gasteiger partial charge in [0.2, 0.25) is 0 Å². The molecule has 3 rings (SSSR count). The Morgan fingerprint density at radius 3 is 2.64 bits per heavy atom. The summed E-state index contributed by atoms with van der Waals surface area (Å²) in [6, 6.07) is 15.3. The van der Waals surface area contributed by atoms with Gasteiger partial charge in [-0.1, -0.05) is 48.5 Å². The second-order valence-electron chi connectivity index (χ2n) is 6.40. The summed E-state index contributed by atoms with van der Waals surface area (Å²) in [5.74, 6) is -0.704. The van der Waals surface area contributed by atoms with Crippen LogP contribution in [0.1, 0.15) is 18.9 Å². The molecule has 0 unspecified atom stereocenters. The van der Waals surface area contributed by atoms with E-state index in [0.29, 0.717) is 5.69 Å². The highest BCUT2D eigenvalue weighted by molar-refractivity contribution is 7.99. The molecule has 1 amide bonds. The number of anilines is 1. The number of ether oxygens (including phenoxy) is 1. The molecule has 3 aromatic rings. The number of nitrogens with zero attached hydrogens (tertiary/aromatic N) is 2. The molecule has 7 heteroatoms. The van der Waals surface area contributed by atoms with Gasteiger partial charge in [-0.3, -0.25) is 9.59 Å². The molecule has 0 saturated carbocycles. The third kappa shape index (κ3) is 5.13. The number of hydrogen-bond donors (Lipinski definition) is 1. The quantitative estimate of drug-likeness (QED) is 0.459. The number of aromatic nitrogens is 2. The number of aryl methyl sites for hydroxylation is 2. The fraction of sp³-hybridized carbons (Fsp3) is 0.286. The zero-order chi connectivity index (χ0) is 19.9. The average Bonchev–Trinajstić information content (AvgIpc) is 3.04. The fourth-order valence-electron chi connectivity index (χ4n) is 2.75. The predicted octanol–water partition coefficient (Wildman–Crippen LogP) is 4.03. The first-order chi connectivity index (χ1) is 13.6. The van der Waals surface area contributed by atoms with Crippen LogP contribution >= 0.6 is 11.8 Å². The molecule has 0 bridgehead atoms. The SMILES string of the molecule is CCCn1c(SCC(=O)OCC(=O)Nc2ccc(C)cc2)nc2ccccc21. The van der Waals surface area contributed by atoms with Crippen molar-refractivity contribution in [1.82, 2.24) is 9.55 Å². The average molecular weight is 398 g/mol. The van der Waals surface area contributed by atoms with Crippen molar-refractivity contribution in [3.63, 3.8) is 0 Å². The highest BCUT2D eigenvalue weighted by Crippen LogP contribution is 2.24. The lowest BCUT2D eigenvalue weighted by Gasteiger charge is -2.08. The summed E-state index contributed by atoms with van der Waals surface area (Å²) in [7, 11) is 0. The smallest absolute Gasteiger partial charge is 0.316 e. The van der Waals surface area contributed by atoms with Crippen LogP contribution in [0.4, 0.5) is 5.69 Å². The monoisotopic (exact) mass is 397 g/mol. The maximum Gasteiger partial charge on any atom is 0.316 e. The van der Waals surface area contributed by atoms with Gasteiger partial charge in [0, 0.05) is 12.2 Å². The Morgan fingerprint density at radius 1 is 1.14 bits per heavy atom. The molecule has 0 radical (unpaired) electrons. The van der Waals surface area contributed by atoms with Crippen LogP contribution in [-0.2, 0) is 20.9 Å². The number of amides is 1. The van der Waals surface area contributed by atoms with Gasteiger partial charge in [-0.2, -0.15) is 0 Å². The standard InChI is InChI=1S/C21H23N3O3S/c1-3-12-24-18-7-5-4-6-17(18)23-21(24)28-14-20(26)27-13-19(25)22-16-10-8-15(2)9-11-16/h4-11H,3,12-14H2,1-2H3,(H,22,25). The summed E-state index contributed by atoms with van der Waals surface area (Å²) in [5.41, 5.74) is 3.74. The van der Waals surface area contributed by atoms with Crippen molar-refractivity contribution in [3.05, 3.63) is 54.1 Å². The first-order valence-electron chi connectivity index (χ1n) is 9.17. The molecule has 0 aliphatic carbocycles. The minimum absolute atomic E-state index is 0.102. The van der Waals surface area contributed by atoms with Gasteiger partial charge < -0.3 is 14.6 Å². The zero-order valence-corrected chi connectivity index (χ0v) is 16.8. The number of imidazole rings is 1. The van der Waals surface area contributed by atoms with Gasteiger partial charge >= 0.3 is 5.97 Å². The van der Waals surface area contributed by atoms with Crippen LogP contribution in [0.15, 0.2) is 53.7 Å². The minimum atomic E-state index is -0.445. The Morgan fingerprint density at radius 2 is 1.89 bits per heavy atom. The Balaban J connectivity index is 1.51. The molecule has 0 atom stereocenters. The van der Waals surface area contributed by atoms with Crippen LogP contribution < -0.4 is 5.32 Å². The van der Waals surface area contributed by atoms with Crippen LogP contribution in [0.5, 0.6) is 0 Å². The molecule has 0 aliphatic heterocycles. The Kier molecular flexibility index (Phi) is 6.71. The lowest BCUT2D eigenvalue weighted by atomic mass is 10.2. The van der Waals surface area contributed by atoms with Crippen molar-refractivity contribution in [2.24, 2.45) is 0 Å². The van der Waals surface area contributed by atoms with Gasteiger partial charge in [-0.15, -0.1) is 0 Å². The van der Waals surface area contributed by atoms with Gasteiger partial charge in [-0.25, -0.2) is 4.98 Å². The van der Waals surface area contributed by atoms with Crippen LogP contribution in [-0.4, -0.2) is 33.8 Å². The number of hydrogen-bond acceptors (Lipinski definition) is 5. The van der Waals surface area contributed by atoms with E-state index in [1.54, 1.807) is 0 Å². The van der Waals surface area contributed by atoms with Gasteiger partial charge in [0.15, 0.2) is 11.8 Å². The number of benzene rings is 2. The number of para-hydroxylation sites is 2. The van der Waals surface area contributed by atoms with Crippen LogP contribution in [0.25, 0.3) is 11.0 Å². The normalized spacial score (nSPS) is 10.8. The van der Waals surface area contributed by atoms with Crippen LogP contribution in [0.2, 0.25) is 0 Å². The summed E-state index contributed by atoms with van der Waals surface area (Å²) >= 11 is 1.32. The Labute approximate surface area is 168 Å². The molecular formula is C21H23N3O3S. The van der Waals surface area contributed by atoms with Crippen molar-refractivity contribution in [3.8, 4) is 0 Å². The van der Waals surface area contributed by atoms with Gasteiger partial charge in [0.05, 0.1) is 16.8 Å². The summed E-state index contributed by atoms with van der Waals surface area (Å²) in [6.45, 7) is 4.60. The fourth-order valence-corrected chi connectivity index (χ4v) is 3.59. The summed E-state index contributed by atoms with van der Waals surface area (Å²) in [6.07, 6.45) is 0.970. The highest BCUT2D eigenvalue weighted by Gasteiger charge is 2.14. The minimum Gasteiger partial charge on any atom is -0.455 e. The van der Waals surface area contributed by atoms with Gasteiger partial charge in [0.25, 0.3) is 5.91 Å². The third-order valence-corrected chi connectivity index (χ3v) is 5.04. The molecule has 1 heterocycles. The maximum absolute atomic E-state index is 12.0. The first-order valence-corrected chi connectivity index (χ1v) is 10.2. The molecule has 0 spiro atoms. The second-order valence-corrected chi connectivity index (χ2v) is 7.34. The number of esters is 1. The number of fused-ring (bicyclic) bond motifs is 1. The lowest BCUT2D eigenvalue weighted by Crippen LogP contribution is -2.21. The van der Waals surface area contributed by atoms with E-state index in [2.05, 4.69) is 21.8 Å². The Bertz CT molecular complexity index is 967. The van der Waals surface area contributed by atoms with Crippen molar-refractivity contribution in [1.29, 1.82) is 0 Å². The predicted molar refractivity (Wildman–Crippen MR) is 112 cm³/mol. The molecule has 2 aromatic carbocycles. The van der Waals surface area contributed by atoms with Gasteiger partial charge in [-0.05, 0) is 37.6 Å². The van der Waals surface area contributed by atoms with E-state index in [-0.39, 0.29) is 18.3 Å². The van der Waals surface area contributed by atoms with Crippen molar-refractivity contribution in [2.45, 2.75) is 32.0 Å². The van der Waals surface area contributed by atoms with Crippen LogP contribution in [0.3, 0.4) is 0 Å². The number of carbonyl (C=O) groups excluding carboxylic acids is 2. The summed E-state index contributed by atoms with van der Waals surface area (Å²) in [5, 5.41) is 3.48. The largest absolute Gasteiger partial charge is 0.455 e. The Hall–Kier alpha value is -2.80. The molecule has 1 N–H and O–H groups in total. The first kappa shape index (κ1) is 19.9. The third-order valence-electron chi connectivity index (χ3n) is 4.09. The highest BCUT2D eigenvalue weighted by atomic mass is 32.2. The number of nitrogens with one attached hydrogen (secondary N) is 1. The van der Waals surface area contributed by atoms with Crippen molar-refractivity contribution < 1.29 is 14.3 Å². The maximum atomic E-state index is 12.0. The van der Waals surface area contributed by atoms with E-state index in [1.165, 1.54) is 11.8 Å². The van der Waals surface area contributed by atoms with E-state index in [1.807, 2.05) is 55.5 Å². The molecule has 146 valence electrons. The molecular weight excluding hydrogens is 374 g/mol.